The summed E-state index contributed by atoms with van der Waals surface area (Å²) in [5, 5.41) is 0. The Bertz CT molecular complexity index is 692. The van der Waals surface area contributed by atoms with Gasteiger partial charge in [0.25, 0.3) is 0 Å². The Kier molecular flexibility index (Phi) is 5.46. The Morgan fingerprint density at radius 1 is 1.33 bits per heavy atom. The molecule has 1 aromatic carbocycles. The average molecular weight is 327 g/mol. The summed E-state index contributed by atoms with van der Waals surface area (Å²) in [6.07, 6.45) is 6.22. The van der Waals surface area contributed by atoms with Gasteiger partial charge in [-0.3, -0.25) is 0 Å². The standard InChI is InChI=1S/C20H25NO3/c1-14-5-3-7-17(11-14)20-21-19(15(2)24-20)13-23-18-8-4-6-16(12-18)9-10-22/h3,5,7,10-11,16,18H,4,6,8-9,12-13H2,1-2H3. The van der Waals surface area contributed by atoms with Crippen LogP contribution < -0.4 is 0 Å². The summed E-state index contributed by atoms with van der Waals surface area (Å²) in [7, 11) is 0. The SMILES string of the molecule is Cc1cccc(-c2nc(COC3CCCC(CC=O)C3)c(C)o2)c1. The van der Waals surface area contributed by atoms with Crippen molar-refractivity contribution in [2.24, 2.45) is 5.92 Å². The van der Waals surface area contributed by atoms with E-state index in [-0.39, 0.29) is 6.10 Å². The number of aryl methyl sites for hydroxylation is 2. The molecule has 0 amide bonds. The first-order chi connectivity index (χ1) is 11.7. The molecule has 0 radical (unpaired) electrons. The van der Waals surface area contributed by atoms with Crippen LogP contribution in [-0.2, 0) is 16.1 Å². The van der Waals surface area contributed by atoms with E-state index in [4.69, 9.17) is 9.15 Å². The molecule has 0 saturated heterocycles. The first kappa shape index (κ1) is 16.9. The van der Waals surface area contributed by atoms with Crippen molar-refractivity contribution in [3.05, 3.63) is 41.3 Å². The molecule has 0 N–H and O–H groups in total. The van der Waals surface area contributed by atoms with Gasteiger partial charge in [0.2, 0.25) is 5.89 Å². The molecule has 4 heteroatoms. The normalized spacial score (nSPS) is 20.9. The third-order valence-electron chi connectivity index (χ3n) is 4.78. The van der Waals surface area contributed by atoms with Crippen LogP contribution >= 0.6 is 0 Å². The molecule has 1 heterocycles. The number of rotatable bonds is 6. The molecule has 1 aliphatic rings. The fraction of sp³-hybridized carbons (Fsp3) is 0.500. The van der Waals surface area contributed by atoms with Gasteiger partial charge in [0.05, 0.1) is 12.7 Å². The second-order valence-electron chi connectivity index (χ2n) is 6.76. The van der Waals surface area contributed by atoms with Crippen LogP contribution in [0.15, 0.2) is 28.7 Å². The first-order valence-corrected chi connectivity index (χ1v) is 8.74. The third-order valence-corrected chi connectivity index (χ3v) is 4.78. The van der Waals surface area contributed by atoms with Gasteiger partial charge in [0.15, 0.2) is 0 Å². The largest absolute Gasteiger partial charge is 0.441 e. The van der Waals surface area contributed by atoms with Crippen molar-refractivity contribution in [1.82, 2.24) is 4.98 Å². The van der Waals surface area contributed by atoms with Crippen molar-refractivity contribution in [3.8, 4) is 11.5 Å². The Balaban J connectivity index is 1.62. The van der Waals surface area contributed by atoms with Crippen LogP contribution in [-0.4, -0.2) is 17.4 Å². The monoisotopic (exact) mass is 327 g/mol. The van der Waals surface area contributed by atoms with E-state index in [1.807, 2.05) is 19.1 Å². The minimum atomic E-state index is 0.224. The molecule has 1 aromatic heterocycles. The number of aromatic nitrogens is 1. The summed E-state index contributed by atoms with van der Waals surface area (Å²) in [5.41, 5.74) is 3.04. The Morgan fingerprint density at radius 3 is 3.00 bits per heavy atom. The zero-order valence-corrected chi connectivity index (χ0v) is 14.5. The van der Waals surface area contributed by atoms with Crippen LogP contribution in [0.3, 0.4) is 0 Å². The van der Waals surface area contributed by atoms with E-state index in [2.05, 4.69) is 24.0 Å². The van der Waals surface area contributed by atoms with Gasteiger partial charge in [0.1, 0.15) is 17.7 Å². The van der Waals surface area contributed by atoms with Gasteiger partial charge < -0.3 is 13.9 Å². The van der Waals surface area contributed by atoms with E-state index in [0.717, 1.165) is 49.0 Å². The summed E-state index contributed by atoms with van der Waals surface area (Å²) >= 11 is 0. The zero-order valence-electron chi connectivity index (χ0n) is 14.5. The maximum absolute atomic E-state index is 10.7. The lowest BCUT2D eigenvalue weighted by molar-refractivity contribution is -0.109. The predicted molar refractivity (Wildman–Crippen MR) is 92.6 cm³/mol. The van der Waals surface area contributed by atoms with Crippen LogP contribution in [0.5, 0.6) is 0 Å². The van der Waals surface area contributed by atoms with Crippen molar-refractivity contribution < 1.29 is 13.9 Å². The molecule has 0 spiro atoms. The smallest absolute Gasteiger partial charge is 0.226 e. The Morgan fingerprint density at radius 2 is 2.21 bits per heavy atom. The summed E-state index contributed by atoms with van der Waals surface area (Å²) in [6.45, 7) is 4.46. The molecule has 3 rings (SSSR count). The van der Waals surface area contributed by atoms with E-state index in [9.17, 15) is 4.79 Å². The van der Waals surface area contributed by atoms with Gasteiger partial charge in [-0.25, -0.2) is 4.98 Å². The number of aldehydes is 1. The van der Waals surface area contributed by atoms with Crippen LogP contribution in [0.4, 0.5) is 0 Å². The zero-order chi connectivity index (χ0) is 16.9. The summed E-state index contributed by atoms with van der Waals surface area (Å²) < 4.78 is 11.9. The molecular formula is C20H25NO3. The number of carbonyl (C=O) groups excluding carboxylic acids is 1. The third kappa shape index (κ3) is 4.12. The van der Waals surface area contributed by atoms with Crippen molar-refractivity contribution in [3.63, 3.8) is 0 Å². The van der Waals surface area contributed by atoms with Gasteiger partial charge in [-0.1, -0.05) is 24.1 Å². The average Bonchev–Trinajstić information content (AvgIpc) is 2.95. The van der Waals surface area contributed by atoms with Gasteiger partial charge in [-0.05, 0) is 51.2 Å². The maximum atomic E-state index is 10.7. The molecule has 128 valence electrons. The van der Waals surface area contributed by atoms with Gasteiger partial charge in [-0.15, -0.1) is 0 Å². The van der Waals surface area contributed by atoms with Gasteiger partial charge in [0, 0.05) is 12.0 Å². The fourth-order valence-corrected chi connectivity index (χ4v) is 3.40. The van der Waals surface area contributed by atoms with Crippen LogP contribution in [0.2, 0.25) is 0 Å². The van der Waals surface area contributed by atoms with E-state index in [0.29, 0.717) is 24.8 Å². The van der Waals surface area contributed by atoms with E-state index >= 15 is 0 Å². The molecule has 1 saturated carbocycles. The summed E-state index contributed by atoms with van der Waals surface area (Å²) in [4.78, 5) is 15.3. The quantitative estimate of drug-likeness (QED) is 0.726. The Hall–Kier alpha value is -1.94. The molecular weight excluding hydrogens is 302 g/mol. The molecule has 1 aliphatic carbocycles. The molecule has 2 atom stereocenters. The molecule has 2 unspecified atom stereocenters. The van der Waals surface area contributed by atoms with E-state index in [1.165, 1.54) is 5.56 Å². The van der Waals surface area contributed by atoms with E-state index in [1.54, 1.807) is 0 Å². The highest BCUT2D eigenvalue weighted by Crippen LogP contribution is 2.29. The van der Waals surface area contributed by atoms with Gasteiger partial charge in [-0.2, -0.15) is 0 Å². The van der Waals surface area contributed by atoms with Gasteiger partial charge >= 0.3 is 0 Å². The lowest BCUT2D eigenvalue weighted by Crippen LogP contribution is -2.23. The predicted octanol–water partition coefficient (Wildman–Crippen LogP) is 4.62. The lowest BCUT2D eigenvalue weighted by atomic mass is 9.85. The highest BCUT2D eigenvalue weighted by molar-refractivity contribution is 5.54. The minimum absolute atomic E-state index is 0.224. The van der Waals surface area contributed by atoms with Crippen molar-refractivity contribution in [2.75, 3.05) is 0 Å². The topological polar surface area (TPSA) is 52.3 Å². The number of hydrogen-bond acceptors (Lipinski definition) is 4. The molecule has 0 bridgehead atoms. The van der Waals surface area contributed by atoms with Crippen LogP contribution in [0, 0.1) is 19.8 Å². The summed E-state index contributed by atoms with van der Waals surface area (Å²) in [5.74, 6) is 1.94. The number of carbonyl (C=O) groups is 1. The number of benzene rings is 1. The molecule has 0 aliphatic heterocycles. The Labute approximate surface area is 143 Å². The van der Waals surface area contributed by atoms with Crippen molar-refractivity contribution in [2.45, 2.75) is 58.7 Å². The fourth-order valence-electron chi connectivity index (χ4n) is 3.40. The number of hydrogen-bond donors (Lipinski definition) is 0. The molecule has 4 nitrogen and oxygen atoms in total. The maximum Gasteiger partial charge on any atom is 0.226 e. The van der Waals surface area contributed by atoms with Crippen LogP contribution in [0.1, 0.15) is 49.1 Å². The second-order valence-corrected chi connectivity index (χ2v) is 6.76. The highest BCUT2D eigenvalue weighted by Gasteiger charge is 2.23. The molecule has 24 heavy (non-hydrogen) atoms. The number of nitrogens with zero attached hydrogens (tertiary/aromatic N) is 1. The summed E-state index contributed by atoms with van der Waals surface area (Å²) in [6, 6.07) is 8.15. The minimum Gasteiger partial charge on any atom is -0.441 e. The van der Waals surface area contributed by atoms with Crippen molar-refractivity contribution in [1.29, 1.82) is 0 Å². The van der Waals surface area contributed by atoms with E-state index < -0.39 is 0 Å². The number of ether oxygens (including phenoxy) is 1. The molecule has 2 aromatic rings. The van der Waals surface area contributed by atoms with Crippen LogP contribution in [0.25, 0.3) is 11.5 Å². The van der Waals surface area contributed by atoms with Crippen molar-refractivity contribution >= 4 is 6.29 Å². The second kappa shape index (κ2) is 7.75. The highest BCUT2D eigenvalue weighted by atomic mass is 16.5. The molecule has 1 fully saturated rings. The number of oxazole rings is 1. The first-order valence-electron chi connectivity index (χ1n) is 8.74. The lowest BCUT2D eigenvalue weighted by Gasteiger charge is -2.27.